The van der Waals surface area contributed by atoms with Crippen LogP contribution < -0.4 is 10.6 Å². The van der Waals surface area contributed by atoms with Crippen LogP contribution in [-0.4, -0.2) is 188 Å². The zero-order valence-corrected chi connectivity index (χ0v) is 49.1. The Hall–Kier alpha value is -3.52. The van der Waals surface area contributed by atoms with Crippen molar-refractivity contribution in [3.8, 4) is 0 Å². The number of fused-ring (bicyclic) bond motifs is 3. The topological polar surface area (TPSA) is 330 Å². The highest BCUT2D eigenvalue weighted by Crippen LogP contribution is 2.86. The minimum atomic E-state index is -1.96. The number of esters is 1. The van der Waals surface area contributed by atoms with Gasteiger partial charge in [-0.2, -0.15) is 0 Å². The summed E-state index contributed by atoms with van der Waals surface area (Å²) in [6.07, 6.45) is -16.7. The maximum absolute atomic E-state index is 15.6. The largest absolute Gasteiger partial charge is 0.432 e. The number of ether oxygens (including phenoxy) is 6. The Morgan fingerprint density at radius 3 is 2.20 bits per heavy atom. The molecule has 0 aromatic heterocycles. The van der Waals surface area contributed by atoms with Crippen molar-refractivity contribution in [1.29, 1.82) is 0 Å². The third-order valence-electron chi connectivity index (χ3n) is 21.6. The van der Waals surface area contributed by atoms with Crippen LogP contribution in [0.4, 0.5) is 0 Å². The molecule has 21 heteroatoms. The quantitative estimate of drug-likeness (QED) is 0.0410. The third kappa shape index (κ3) is 10.5. The van der Waals surface area contributed by atoms with Crippen molar-refractivity contribution < 1.29 is 93.6 Å². The molecule has 8 aliphatic rings. The first-order valence-corrected chi connectivity index (χ1v) is 29.9. The van der Waals surface area contributed by atoms with E-state index in [0.717, 1.165) is 30.3 Å². The highest BCUT2D eigenvalue weighted by atomic mass is 16.8. The van der Waals surface area contributed by atoms with Crippen LogP contribution >= 0.6 is 0 Å². The van der Waals surface area contributed by atoms with Gasteiger partial charge in [0.2, 0.25) is 12.2 Å². The zero-order valence-electron chi connectivity index (χ0n) is 49.1. The van der Waals surface area contributed by atoms with Gasteiger partial charge in [0.1, 0.15) is 60.5 Å². The summed E-state index contributed by atoms with van der Waals surface area (Å²) in [4.78, 5) is 54.8. The fourth-order valence-electron chi connectivity index (χ4n) is 16.9. The second kappa shape index (κ2) is 23.6. The molecule has 3 saturated heterocycles. The van der Waals surface area contributed by atoms with E-state index in [9.17, 15) is 60.3 Å². The molecule has 4 saturated carbocycles. The van der Waals surface area contributed by atoms with Gasteiger partial charge in [-0.05, 0) is 119 Å². The number of hydrogen-bond acceptors (Lipinski definition) is 19. The molecule has 82 heavy (non-hydrogen) atoms. The molecule has 23 atom stereocenters. The molecule has 11 N–H and O–H groups in total. The lowest BCUT2D eigenvalue weighted by Crippen LogP contribution is -2.75. The van der Waals surface area contributed by atoms with Crippen LogP contribution in [-0.2, 0) is 42.8 Å². The minimum absolute atomic E-state index is 0.0166. The van der Waals surface area contributed by atoms with Crippen LogP contribution in [0.3, 0.4) is 0 Å². The van der Waals surface area contributed by atoms with Gasteiger partial charge < -0.3 is 89.8 Å². The van der Waals surface area contributed by atoms with E-state index in [-0.39, 0.29) is 53.3 Å². The number of carbonyl (C=O) groups is 4. The predicted octanol–water partition coefficient (Wildman–Crippen LogP) is 2.38. The van der Waals surface area contributed by atoms with E-state index in [1.54, 1.807) is 12.1 Å². The van der Waals surface area contributed by atoms with Crippen molar-refractivity contribution in [2.45, 2.75) is 238 Å². The molecular formula is C61H92N2O19. The number of unbranched alkanes of at least 4 members (excludes halogenated alkanes) is 2. The maximum atomic E-state index is 15.6. The minimum Gasteiger partial charge on any atom is -0.432 e. The van der Waals surface area contributed by atoms with Gasteiger partial charge in [-0.1, -0.05) is 83.7 Å². The molecule has 2 amide bonds. The molecule has 3 aliphatic heterocycles. The standard InChI is InChI=1S/C61H92N2O19/c1-10-39(67)58(8,29-65)37-19-20-61-33(24-38(61)57(37,6)7)42-34-25-56(4,5)21-22-60(34,40(68)26-59(42,61)9)55(76)82-54-50(81-53-48(74)46(72)49(31(3)78-53)80-52-47(73)44(70)35(66)28-77-52)45(71)43(36(27-64)79-54)63-41(69)14-12-11-13-23-62-51(75)32-17-15-30(2)16-18-32/h15-18,29,31,34-40,43-50,52-54,64,66-68,70-74H,10-14,19-28H2,1-9H3,(H,62,75)(H,63,69)/t31-,34?,35-,36-,37+,38?,39?,40-,43?,44?,45?,46?,47?,48?,49?,50?,52+,53+,54+,58?,59-,60?,61-/m1/s1. The van der Waals surface area contributed by atoms with Crippen LogP contribution in [0.2, 0.25) is 0 Å². The summed E-state index contributed by atoms with van der Waals surface area (Å²) in [5, 5.41) is 107. The van der Waals surface area contributed by atoms with Gasteiger partial charge in [-0.15, -0.1) is 0 Å². The van der Waals surface area contributed by atoms with E-state index >= 15 is 4.79 Å². The Bertz CT molecular complexity index is 2530. The van der Waals surface area contributed by atoms with Crippen LogP contribution in [0.15, 0.2) is 35.4 Å². The second-order valence-electron chi connectivity index (χ2n) is 27.2. The van der Waals surface area contributed by atoms with Crippen LogP contribution in [0, 0.1) is 57.2 Å². The van der Waals surface area contributed by atoms with Crippen molar-refractivity contribution in [2.24, 2.45) is 50.2 Å². The Morgan fingerprint density at radius 2 is 1.52 bits per heavy atom. The Labute approximate surface area is 480 Å². The maximum Gasteiger partial charge on any atom is 0.317 e. The van der Waals surface area contributed by atoms with Crippen molar-refractivity contribution in [2.75, 3.05) is 19.8 Å². The first-order chi connectivity index (χ1) is 38.6. The Kier molecular flexibility index (Phi) is 18.2. The Balaban J connectivity index is 0.957. The fourth-order valence-corrected chi connectivity index (χ4v) is 16.9. The lowest BCUT2D eigenvalue weighted by molar-refractivity contribution is -0.370. The summed E-state index contributed by atoms with van der Waals surface area (Å²) >= 11 is 0. The number of aliphatic hydroxyl groups excluding tert-OH is 9. The van der Waals surface area contributed by atoms with Gasteiger partial charge in [0.05, 0.1) is 43.0 Å². The number of allylic oxidation sites excluding steroid dienone is 2. The lowest BCUT2D eigenvalue weighted by Gasteiger charge is -2.81. The van der Waals surface area contributed by atoms with E-state index in [2.05, 4.69) is 45.3 Å². The number of rotatable bonds is 19. The average molecular weight is 1160 g/mol. The van der Waals surface area contributed by atoms with Crippen molar-refractivity contribution in [3.05, 3.63) is 46.5 Å². The highest BCUT2D eigenvalue weighted by molar-refractivity contribution is 5.94. The molecule has 3 heterocycles. The van der Waals surface area contributed by atoms with E-state index in [1.165, 1.54) is 12.5 Å². The number of nitrogens with one attached hydrogen (secondary N) is 2. The third-order valence-corrected chi connectivity index (χ3v) is 21.6. The molecule has 460 valence electrons. The number of carbonyl (C=O) groups excluding carboxylic acids is 4. The molecule has 0 radical (unpaired) electrons. The van der Waals surface area contributed by atoms with E-state index in [1.807, 2.05) is 32.9 Å². The second-order valence-corrected chi connectivity index (χ2v) is 27.2. The van der Waals surface area contributed by atoms with Gasteiger partial charge in [0.25, 0.3) is 5.91 Å². The molecule has 1 aromatic carbocycles. The summed E-state index contributed by atoms with van der Waals surface area (Å²) < 4.78 is 36.4. The first kappa shape index (κ1) is 63.0. The van der Waals surface area contributed by atoms with Crippen LogP contribution in [0.5, 0.6) is 0 Å². The highest BCUT2D eigenvalue weighted by Gasteiger charge is 2.80. The number of benzene rings is 1. The molecule has 21 nitrogen and oxygen atoms in total. The van der Waals surface area contributed by atoms with E-state index in [4.69, 9.17) is 28.4 Å². The number of aldehydes is 1. The van der Waals surface area contributed by atoms with Gasteiger partial charge in [0, 0.05) is 29.4 Å². The Morgan fingerprint density at radius 1 is 0.841 bits per heavy atom. The SMILES string of the molecule is CCC(O)C(C)(C=O)[C@H]1CC[C@]23C(=C4C5CC(C)(C)CCC5(C(=O)O[C@@H]5O[C@H](CO)C(NC(=O)CCCCCNC(=O)c6ccc(C)cc6)C(O)C5O[C@@H]5O[C@H](C)C(O[C@@H]6OC[C@@H](O)C(O)C6O)C(O)C5O)[C@H](O)C[C@]42C)CC3C1(C)C. The molecule has 1 aromatic rings. The molecule has 1 spiro atoms. The van der Waals surface area contributed by atoms with Gasteiger partial charge in [0.15, 0.2) is 18.7 Å². The number of amides is 2. The summed E-state index contributed by atoms with van der Waals surface area (Å²) in [5.41, 5.74) is 0.122. The first-order valence-electron chi connectivity index (χ1n) is 29.9. The molecule has 13 unspecified atom stereocenters. The smallest absolute Gasteiger partial charge is 0.317 e. The normalized spacial score (nSPS) is 43.0. The van der Waals surface area contributed by atoms with Crippen molar-refractivity contribution in [1.82, 2.24) is 10.6 Å². The lowest BCUT2D eigenvalue weighted by atomic mass is 9.23. The monoisotopic (exact) mass is 1160 g/mol. The summed E-state index contributed by atoms with van der Waals surface area (Å²) in [5.74, 6) is -1.99. The zero-order chi connectivity index (χ0) is 59.8. The predicted molar refractivity (Wildman–Crippen MR) is 292 cm³/mol. The summed E-state index contributed by atoms with van der Waals surface area (Å²) in [6.45, 7) is 17.3. The van der Waals surface area contributed by atoms with E-state index < -0.39 is 145 Å². The average Bonchev–Trinajstić information content (AvgIpc) is 0.634. The van der Waals surface area contributed by atoms with Gasteiger partial charge in [-0.25, -0.2) is 0 Å². The van der Waals surface area contributed by atoms with Crippen molar-refractivity contribution in [3.63, 3.8) is 0 Å². The molecule has 7 fully saturated rings. The number of aliphatic hydroxyl groups is 9. The van der Waals surface area contributed by atoms with Gasteiger partial charge >= 0.3 is 5.97 Å². The van der Waals surface area contributed by atoms with Crippen LogP contribution in [0.1, 0.15) is 148 Å². The molecular weight excluding hydrogens is 1060 g/mol. The van der Waals surface area contributed by atoms with Gasteiger partial charge in [-0.3, -0.25) is 14.4 Å². The van der Waals surface area contributed by atoms with Crippen LogP contribution in [0.25, 0.3) is 0 Å². The molecule has 9 rings (SSSR count). The summed E-state index contributed by atoms with van der Waals surface area (Å²) in [6, 6.07) is 5.80. The van der Waals surface area contributed by atoms with Crippen molar-refractivity contribution >= 4 is 24.1 Å². The summed E-state index contributed by atoms with van der Waals surface area (Å²) in [7, 11) is 0. The number of aryl methyl sites for hydroxylation is 1. The van der Waals surface area contributed by atoms with E-state index in [0.29, 0.717) is 57.1 Å². The molecule has 0 bridgehead atoms. The molecule has 5 aliphatic carbocycles. The fraction of sp³-hybridized carbons (Fsp3) is 0.803. The number of hydrogen-bond donors (Lipinski definition) is 11.